The van der Waals surface area contributed by atoms with Crippen LogP contribution in [-0.2, 0) is 0 Å². The Morgan fingerprint density at radius 3 is 2.57 bits per heavy atom. The van der Waals surface area contributed by atoms with Gasteiger partial charge in [-0.25, -0.2) is 0 Å². The molecular formula is C10H9BrO3. The molecule has 0 aromatic heterocycles. The standard InChI is InChI=1S/C10H9BrO3/c1-6(13)7-3-4-9(14-2)10(11)8(7)5-12/h3-5H,1-2H3. The average molecular weight is 257 g/mol. The second kappa shape index (κ2) is 4.37. The fourth-order valence-corrected chi connectivity index (χ4v) is 1.75. The molecule has 0 radical (unpaired) electrons. The van der Waals surface area contributed by atoms with E-state index in [1.54, 1.807) is 12.1 Å². The second-order valence-corrected chi connectivity index (χ2v) is 3.51. The average Bonchev–Trinajstić information content (AvgIpc) is 2.17. The number of benzene rings is 1. The van der Waals surface area contributed by atoms with Crippen molar-refractivity contribution in [3.63, 3.8) is 0 Å². The van der Waals surface area contributed by atoms with Crippen LogP contribution in [0.25, 0.3) is 0 Å². The van der Waals surface area contributed by atoms with Crippen molar-refractivity contribution in [1.82, 2.24) is 0 Å². The number of hydrogen-bond donors (Lipinski definition) is 0. The highest BCUT2D eigenvalue weighted by Crippen LogP contribution is 2.30. The molecule has 0 atom stereocenters. The summed E-state index contributed by atoms with van der Waals surface area (Å²) >= 11 is 3.21. The Morgan fingerprint density at radius 2 is 2.14 bits per heavy atom. The van der Waals surface area contributed by atoms with Crippen LogP contribution >= 0.6 is 15.9 Å². The highest BCUT2D eigenvalue weighted by atomic mass is 79.9. The zero-order valence-electron chi connectivity index (χ0n) is 7.83. The lowest BCUT2D eigenvalue weighted by Crippen LogP contribution is -2.01. The summed E-state index contributed by atoms with van der Waals surface area (Å²) in [6, 6.07) is 3.23. The minimum Gasteiger partial charge on any atom is -0.496 e. The van der Waals surface area contributed by atoms with Gasteiger partial charge in [0.05, 0.1) is 11.6 Å². The number of carbonyl (C=O) groups is 2. The molecule has 14 heavy (non-hydrogen) atoms. The van der Waals surface area contributed by atoms with Crippen molar-refractivity contribution in [1.29, 1.82) is 0 Å². The molecule has 1 aromatic rings. The van der Waals surface area contributed by atoms with Crippen LogP contribution in [0.2, 0.25) is 0 Å². The molecule has 4 heteroatoms. The number of Topliss-reactive ketones (excluding diaryl/α,β-unsaturated/α-hetero) is 1. The zero-order valence-corrected chi connectivity index (χ0v) is 9.42. The summed E-state index contributed by atoms with van der Waals surface area (Å²) in [6.07, 6.45) is 0.642. The fraction of sp³-hybridized carbons (Fsp3) is 0.200. The quantitative estimate of drug-likeness (QED) is 0.617. The van der Waals surface area contributed by atoms with Crippen LogP contribution in [-0.4, -0.2) is 19.2 Å². The molecule has 0 heterocycles. The van der Waals surface area contributed by atoms with E-state index in [2.05, 4.69) is 15.9 Å². The molecule has 0 saturated carbocycles. The van der Waals surface area contributed by atoms with Crippen LogP contribution < -0.4 is 4.74 Å². The van der Waals surface area contributed by atoms with E-state index in [9.17, 15) is 9.59 Å². The Hall–Kier alpha value is -1.16. The van der Waals surface area contributed by atoms with Gasteiger partial charge in [0.1, 0.15) is 5.75 Å². The lowest BCUT2D eigenvalue weighted by molar-refractivity contribution is 0.100. The van der Waals surface area contributed by atoms with E-state index in [-0.39, 0.29) is 5.78 Å². The Labute approximate surface area is 90.2 Å². The first-order valence-electron chi connectivity index (χ1n) is 3.94. The SMILES string of the molecule is COc1ccc(C(C)=O)c(C=O)c1Br. The number of hydrogen-bond acceptors (Lipinski definition) is 3. The van der Waals surface area contributed by atoms with Crippen LogP contribution in [0.15, 0.2) is 16.6 Å². The molecule has 0 saturated heterocycles. The van der Waals surface area contributed by atoms with Gasteiger partial charge < -0.3 is 4.74 Å². The van der Waals surface area contributed by atoms with Gasteiger partial charge >= 0.3 is 0 Å². The summed E-state index contributed by atoms with van der Waals surface area (Å²) in [6.45, 7) is 1.42. The number of rotatable bonds is 3. The Balaban J connectivity index is 3.43. The van der Waals surface area contributed by atoms with Crippen molar-refractivity contribution >= 4 is 28.0 Å². The van der Waals surface area contributed by atoms with Crippen LogP contribution in [0, 0.1) is 0 Å². The van der Waals surface area contributed by atoms with Gasteiger partial charge in [-0.15, -0.1) is 0 Å². The third-order valence-electron chi connectivity index (χ3n) is 1.86. The molecule has 0 aliphatic heterocycles. The normalized spacial score (nSPS) is 9.64. The van der Waals surface area contributed by atoms with Crippen LogP contribution in [0.3, 0.4) is 0 Å². The highest BCUT2D eigenvalue weighted by molar-refractivity contribution is 9.10. The van der Waals surface area contributed by atoms with Crippen molar-refractivity contribution in [3.8, 4) is 5.75 Å². The van der Waals surface area contributed by atoms with Crippen LogP contribution in [0.5, 0.6) is 5.75 Å². The predicted octanol–water partition coefficient (Wildman–Crippen LogP) is 2.47. The van der Waals surface area contributed by atoms with Crippen LogP contribution in [0.4, 0.5) is 0 Å². The molecule has 74 valence electrons. The maximum Gasteiger partial charge on any atom is 0.160 e. The number of aldehydes is 1. The lowest BCUT2D eigenvalue weighted by atomic mass is 10.1. The number of ether oxygens (including phenoxy) is 1. The van der Waals surface area contributed by atoms with E-state index in [4.69, 9.17) is 4.74 Å². The van der Waals surface area contributed by atoms with Gasteiger partial charge in [0.2, 0.25) is 0 Å². The summed E-state index contributed by atoms with van der Waals surface area (Å²) in [7, 11) is 1.50. The fourth-order valence-electron chi connectivity index (χ4n) is 1.15. The zero-order chi connectivity index (χ0) is 10.7. The van der Waals surface area contributed by atoms with Gasteiger partial charge in [-0.3, -0.25) is 9.59 Å². The second-order valence-electron chi connectivity index (χ2n) is 2.72. The summed E-state index contributed by atoms with van der Waals surface area (Å²) in [4.78, 5) is 21.9. The van der Waals surface area contributed by atoms with Crippen molar-refractivity contribution in [2.45, 2.75) is 6.92 Å². The molecular weight excluding hydrogens is 248 g/mol. The van der Waals surface area contributed by atoms with Crippen molar-refractivity contribution in [2.75, 3.05) is 7.11 Å². The summed E-state index contributed by atoms with van der Waals surface area (Å²) in [5.74, 6) is 0.396. The first-order valence-corrected chi connectivity index (χ1v) is 4.73. The van der Waals surface area contributed by atoms with Gasteiger partial charge in [-0.1, -0.05) is 0 Å². The first-order chi connectivity index (χ1) is 6.61. The number of ketones is 1. The maximum atomic E-state index is 11.2. The molecule has 0 bridgehead atoms. The number of halogens is 1. The van der Waals surface area contributed by atoms with E-state index in [0.717, 1.165) is 0 Å². The van der Waals surface area contributed by atoms with Crippen molar-refractivity contribution in [3.05, 3.63) is 27.7 Å². The van der Waals surface area contributed by atoms with E-state index in [1.165, 1.54) is 14.0 Å². The number of carbonyl (C=O) groups excluding carboxylic acids is 2. The molecule has 0 aliphatic carbocycles. The molecule has 3 nitrogen and oxygen atoms in total. The topological polar surface area (TPSA) is 43.4 Å². The molecule has 0 spiro atoms. The minimum absolute atomic E-state index is 0.143. The first kappa shape index (κ1) is 10.9. The molecule has 0 amide bonds. The molecule has 0 N–H and O–H groups in total. The molecule has 0 fully saturated rings. The third kappa shape index (κ3) is 1.85. The van der Waals surface area contributed by atoms with Gasteiger partial charge in [0, 0.05) is 11.1 Å². The molecule has 1 aromatic carbocycles. The van der Waals surface area contributed by atoms with E-state index >= 15 is 0 Å². The maximum absolute atomic E-state index is 11.2. The lowest BCUT2D eigenvalue weighted by Gasteiger charge is -2.07. The van der Waals surface area contributed by atoms with Gasteiger partial charge in [-0.05, 0) is 35.0 Å². The summed E-state index contributed by atoms with van der Waals surface area (Å²) in [5.41, 5.74) is 0.726. The summed E-state index contributed by atoms with van der Waals surface area (Å²) < 4.78 is 5.52. The molecule has 1 rings (SSSR count). The molecule has 0 unspecified atom stereocenters. The van der Waals surface area contributed by atoms with Gasteiger partial charge in [-0.2, -0.15) is 0 Å². The highest BCUT2D eigenvalue weighted by Gasteiger charge is 2.13. The van der Waals surface area contributed by atoms with Crippen molar-refractivity contribution < 1.29 is 14.3 Å². The van der Waals surface area contributed by atoms with Gasteiger partial charge in [0.15, 0.2) is 12.1 Å². The number of methoxy groups -OCH3 is 1. The Bertz CT molecular complexity index is 385. The molecule has 0 aliphatic rings. The summed E-state index contributed by atoms with van der Waals surface area (Å²) in [5, 5.41) is 0. The predicted molar refractivity (Wildman–Crippen MR) is 56.1 cm³/mol. The largest absolute Gasteiger partial charge is 0.496 e. The van der Waals surface area contributed by atoms with Crippen molar-refractivity contribution in [2.24, 2.45) is 0 Å². The third-order valence-corrected chi connectivity index (χ3v) is 2.68. The smallest absolute Gasteiger partial charge is 0.160 e. The Kier molecular flexibility index (Phi) is 3.41. The van der Waals surface area contributed by atoms with E-state index in [1.807, 2.05) is 0 Å². The van der Waals surface area contributed by atoms with Gasteiger partial charge in [0.25, 0.3) is 0 Å². The Morgan fingerprint density at radius 1 is 1.50 bits per heavy atom. The minimum atomic E-state index is -0.143. The monoisotopic (exact) mass is 256 g/mol. The van der Waals surface area contributed by atoms with E-state index in [0.29, 0.717) is 27.6 Å². The van der Waals surface area contributed by atoms with Crippen LogP contribution in [0.1, 0.15) is 27.6 Å². The van der Waals surface area contributed by atoms with E-state index < -0.39 is 0 Å².